The quantitative estimate of drug-likeness (QED) is 0.390. The van der Waals surface area contributed by atoms with Crippen molar-refractivity contribution in [3.63, 3.8) is 0 Å². The van der Waals surface area contributed by atoms with Gasteiger partial charge in [0.15, 0.2) is 5.78 Å². The number of carbonyl (C=O) groups is 5. The van der Waals surface area contributed by atoms with Gasteiger partial charge in [-0.2, -0.15) is 0 Å². The van der Waals surface area contributed by atoms with Gasteiger partial charge in [-0.1, -0.05) is 72.6 Å². The summed E-state index contributed by atoms with van der Waals surface area (Å²) < 4.78 is 39.4. The number of alkyl carbamates (subject to hydrolysis) is 1. The molecule has 3 fully saturated rings. The Morgan fingerprint density at radius 2 is 1.77 bits per heavy atom. The van der Waals surface area contributed by atoms with E-state index in [0.29, 0.717) is 38.8 Å². The summed E-state index contributed by atoms with van der Waals surface area (Å²) in [4.78, 5) is 72.4. The molecule has 1 aromatic carbocycles. The van der Waals surface area contributed by atoms with E-state index in [0.717, 1.165) is 36.8 Å². The third-order valence-corrected chi connectivity index (χ3v) is 13.7. The molecule has 14 heteroatoms. The number of nitrogens with one attached hydrogen (secondary N) is 2. The Hall–Kier alpha value is -3.68. The summed E-state index contributed by atoms with van der Waals surface area (Å²) in [6.07, 6.45) is 3.06. The first-order valence-electron chi connectivity index (χ1n) is 19.2. The highest BCUT2D eigenvalue weighted by Crippen LogP contribution is 2.58. The van der Waals surface area contributed by atoms with Crippen LogP contribution in [0.2, 0.25) is 0 Å². The van der Waals surface area contributed by atoms with Crippen molar-refractivity contribution >= 4 is 39.8 Å². The van der Waals surface area contributed by atoms with E-state index in [1.54, 1.807) is 25.7 Å². The molecule has 292 valence electrons. The Labute approximate surface area is 313 Å². The molecule has 2 aliphatic carbocycles. The van der Waals surface area contributed by atoms with Crippen LogP contribution in [-0.2, 0) is 53.4 Å². The predicted molar refractivity (Wildman–Crippen MR) is 196 cm³/mol. The first kappa shape index (κ1) is 39.0. The van der Waals surface area contributed by atoms with Gasteiger partial charge in [0.2, 0.25) is 21.8 Å². The van der Waals surface area contributed by atoms with Crippen molar-refractivity contribution in [2.45, 2.75) is 142 Å². The van der Waals surface area contributed by atoms with Crippen molar-refractivity contribution in [1.82, 2.24) is 19.8 Å². The molecule has 3 heterocycles. The van der Waals surface area contributed by atoms with Crippen LogP contribution in [0.5, 0.6) is 0 Å². The van der Waals surface area contributed by atoms with Crippen LogP contribution in [0.1, 0.15) is 116 Å². The maximum absolute atomic E-state index is 14.5. The van der Waals surface area contributed by atoms with Gasteiger partial charge in [-0.05, 0) is 72.0 Å². The van der Waals surface area contributed by atoms with E-state index < -0.39 is 74.1 Å². The molecule has 2 saturated carbocycles. The number of fused-ring (bicyclic) bond motifs is 3. The normalized spacial score (nSPS) is 29.5. The van der Waals surface area contributed by atoms with Crippen LogP contribution in [-0.4, -0.2) is 84.6 Å². The fourth-order valence-electron chi connectivity index (χ4n) is 8.34. The number of carbonyl (C=O) groups excluding carboxylic acids is 5. The largest absolute Gasteiger partial charge is 0.449 e. The van der Waals surface area contributed by atoms with Crippen molar-refractivity contribution < 1.29 is 41.9 Å². The van der Waals surface area contributed by atoms with Gasteiger partial charge in [0.05, 0.1) is 29.9 Å². The Morgan fingerprint density at radius 3 is 2.43 bits per heavy atom. The molecule has 3 aliphatic heterocycles. The maximum Gasteiger partial charge on any atom is 0.410 e. The van der Waals surface area contributed by atoms with Crippen molar-refractivity contribution in [2.75, 3.05) is 13.2 Å². The van der Waals surface area contributed by atoms with E-state index in [9.17, 15) is 32.4 Å². The summed E-state index contributed by atoms with van der Waals surface area (Å²) >= 11 is 0. The number of ketones is 1. The highest BCUT2D eigenvalue weighted by molar-refractivity contribution is 7.90. The first-order valence-corrected chi connectivity index (χ1v) is 20.8. The SMILES string of the molecule is CC[C@@H]1C[C@]1(CC(=O)[C@@H]1C[C@@H]2CN1C(=O)[C@H](C(C)(C)C)NC(=O)OCC(C)(C)CCCCc1cccc3c1CN(C3)C(=O)O2)C(=O)NS(=O)(=O)C1CC1. The van der Waals surface area contributed by atoms with E-state index in [-0.39, 0.29) is 37.3 Å². The molecular weight excluding hydrogens is 701 g/mol. The zero-order valence-corrected chi connectivity index (χ0v) is 32.8. The minimum Gasteiger partial charge on any atom is -0.449 e. The average Bonchev–Trinajstić information content (AvgIpc) is 3.97. The zero-order valence-electron chi connectivity index (χ0n) is 32.0. The third kappa shape index (κ3) is 8.52. The maximum atomic E-state index is 14.5. The number of Topliss-reactive ketones (excluding diaryl/α,β-unsaturated/α-hetero) is 1. The number of sulfonamides is 1. The summed E-state index contributed by atoms with van der Waals surface area (Å²) in [5.41, 5.74) is 1.05. The molecule has 5 atom stereocenters. The number of hydrogen-bond acceptors (Lipinski definition) is 9. The second kappa shape index (κ2) is 14.5. The summed E-state index contributed by atoms with van der Waals surface area (Å²) in [5, 5.41) is 2.17. The monoisotopic (exact) mass is 756 g/mol. The Bertz CT molecular complexity index is 1750. The Kier molecular flexibility index (Phi) is 10.7. The van der Waals surface area contributed by atoms with E-state index in [4.69, 9.17) is 9.47 Å². The van der Waals surface area contributed by atoms with Crippen LogP contribution >= 0.6 is 0 Å². The number of amides is 4. The number of aryl methyl sites for hydroxylation is 1. The van der Waals surface area contributed by atoms with E-state index in [1.807, 2.05) is 32.9 Å². The number of benzene rings is 1. The zero-order chi connectivity index (χ0) is 38.5. The van der Waals surface area contributed by atoms with Crippen molar-refractivity contribution in [2.24, 2.45) is 22.2 Å². The second-order valence-corrected chi connectivity index (χ2v) is 19.8. The molecule has 4 amide bonds. The van der Waals surface area contributed by atoms with Gasteiger partial charge in [0.1, 0.15) is 12.1 Å². The third-order valence-electron chi connectivity index (χ3n) is 11.9. The number of ether oxygens (including phenoxy) is 2. The molecule has 0 spiro atoms. The fourth-order valence-corrected chi connectivity index (χ4v) is 9.73. The first-order chi connectivity index (χ1) is 24.8. The van der Waals surface area contributed by atoms with Gasteiger partial charge in [-0.3, -0.25) is 24.0 Å². The van der Waals surface area contributed by atoms with Crippen LogP contribution in [0, 0.1) is 22.2 Å². The van der Waals surface area contributed by atoms with Gasteiger partial charge in [-0.25, -0.2) is 18.0 Å². The topological polar surface area (TPSA) is 168 Å². The highest BCUT2D eigenvalue weighted by Gasteiger charge is 2.62. The molecule has 0 aromatic heterocycles. The minimum absolute atomic E-state index is 0.00666. The fraction of sp³-hybridized carbons (Fsp3) is 0.718. The second-order valence-electron chi connectivity index (χ2n) is 17.8. The van der Waals surface area contributed by atoms with E-state index in [1.165, 1.54) is 10.5 Å². The van der Waals surface area contributed by atoms with E-state index in [2.05, 4.69) is 16.1 Å². The highest BCUT2D eigenvalue weighted by atomic mass is 32.2. The lowest BCUT2D eigenvalue weighted by atomic mass is 9.85. The molecule has 0 unspecified atom stereocenters. The van der Waals surface area contributed by atoms with Gasteiger partial charge < -0.3 is 19.7 Å². The Morgan fingerprint density at radius 1 is 1.06 bits per heavy atom. The lowest BCUT2D eigenvalue weighted by molar-refractivity contribution is -0.142. The van der Waals surface area contributed by atoms with Crippen molar-refractivity contribution in [3.8, 4) is 0 Å². The van der Waals surface area contributed by atoms with Crippen LogP contribution < -0.4 is 10.0 Å². The molecule has 2 N–H and O–H groups in total. The minimum atomic E-state index is -3.84. The molecule has 13 nitrogen and oxygen atoms in total. The van der Waals surface area contributed by atoms with Crippen molar-refractivity contribution in [3.05, 3.63) is 34.9 Å². The summed E-state index contributed by atoms with van der Waals surface area (Å²) in [6.45, 7) is 12.2. The lowest BCUT2D eigenvalue weighted by Crippen LogP contribution is -2.57. The number of nitrogens with zero attached hydrogens (tertiary/aromatic N) is 2. The lowest BCUT2D eigenvalue weighted by Gasteiger charge is -2.35. The van der Waals surface area contributed by atoms with Crippen LogP contribution in [0.3, 0.4) is 0 Å². The molecule has 0 radical (unpaired) electrons. The molecule has 53 heavy (non-hydrogen) atoms. The van der Waals surface area contributed by atoms with Crippen molar-refractivity contribution in [1.29, 1.82) is 0 Å². The molecule has 1 saturated heterocycles. The van der Waals surface area contributed by atoms with Gasteiger partial charge in [0, 0.05) is 25.9 Å². The smallest absolute Gasteiger partial charge is 0.410 e. The molecule has 1 aromatic rings. The number of hydrogen-bond donors (Lipinski definition) is 2. The molecular formula is C39H56N4O9S. The summed E-state index contributed by atoms with van der Waals surface area (Å²) in [7, 11) is -3.84. The van der Waals surface area contributed by atoms with Gasteiger partial charge in [0.25, 0.3) is 0 Å². The Balaban J connectivity index is 1.28. The summed E-state index contributed by atoms with van der Waals surface area (Å²) in [6, 6.07) is 3.96. The van der Waals surface area contributed by atoms with Crippen LogP contribution in [0.4, 0.5) is 9.59 Å². The molecule has 6 rings (SSSR count). The number of cyclic esters (lactones) is 1. The average molecular weight is 757 g/mol. The standard InChI is InChI=1S/C39H56N4O9S/c1-7-26-18-39(26,34(46)41-53(49,50)28-14-15-28)19-31(44)30-17-27-21-43(30)33(45)32(37(2,3)4)40-35(47)51-23-38(5,6)16-9-8-11-24-12-10-13-25-20-42(22-29(24)25)36(48)52-27/h10,12-13,26-28,30,32H,7-9,11,14-23H2,1-6H3,(H,40,47)(H,41,46)/t26-,27-,30+,32-,39-/m1/s1. The summed E-state index contributed by atoms with van der Waals surface area (Å²) in [5.74, 6) is -1.82. The molecule has 5 aliphatic rings. The van der Waals surface area contributed by atoms with Gasteiger partial charge >= 0.3 is 12.2 Å². The predicted octanol–water partition coefficient (Wildman–Crippen LogP) is 4.99. The van der Waals surface area contributed by atoms with E-state index >= 15 is 0 Å². The van der Waals surface area contributed by atoms with Crippen LogP contribution in [0.15, 0.2) is 18.2 Å². The number of rotatable bonds is 7. The van der Waals surface area contributed by atoms with Crippen LogP contribution in [0.25, 0.3) is 0 Å². The van der Waals surface area contributed by atoms with Gasteiger partial charge in [-0.15, -0.1) is 0 Å². The molecule has 4 bridgehead atoms.